The van der Waals surface area contributed by atoms with Crippen LogP contribution in [0, 0.1) is 0 Å². The van der Waals surface area contributed by atoms with Crippen LogP contribution in [0.25, 0.3) is 0 Å². The van der Waals surface area contributed by atoms with Crippen molar-refractivity contribution in [2.24, 2.45) is 0 Å². The molecule has 0 spiro atoms. The third kappa shape index (κ3) is 3.87. The van der Waals surface area contributed by atoms with E-state index in [0.29, 0.717) is 0 Å². The van der Waals surface area contributed by atoms with Crippen LogP contribution >= 0.6 is 0 Å². The van der Waals surface area contributed by atoms with Gasteiger partial charge in [-0.3, -0.25) is 4.79 Å². The normalized spacial score (nSPS) is 11.2. The van der Waals surface area contributed by atoms with Crippen molar-refractivity contribution < 1.29 is 4.79 Å². The minimum absolute atomic E-state index is 0.128. The molecule has 0 N–H and O–H groups in total. The fraction of sp³-hybridized carbons (Fsp3) is 0.417. The summed E-state index contributed by atoms with van der Waals surface area (Å²) in [6.07, 6.45) is 0.881. The van der Waals surface area contributed by atoms with Crippen molar-refractivity contribution in [3.63, 3.8) is 0 Å². The highest BCUT2D eigenvalue weighted by Gasteiger charge is 2.21. The summed E-state index contributed by atoms with van der Waals surface area (Å²) in [7, 11) is -1.26. The lowest BCUT2D eigenvalue weighted by molar-refractivity contribution is -0.116. The Kier molecular flexibility index (Phi) is 3.69. The second-order valence-electron chi connectivity index (χ2n) is 5.00. The van der Waals surface area contributed by atoms with Crippen LogP contribution in [-0.2, 0) is 4.79 Å². The van der Waals surface area contributed by atoms with Crippen LogP contribution < -0.4 is 4.90 Å². The van der Waals surface area contributed by atoms with Crippen LogP contribution in [-0.4, -0.2) is 20.1 Å². The van der Waals surface area contributed by atoms with E-state index in [-0.39, 0.29) is 5.91 Å². The fourth-order valence-corrected chi connectivity index (χ4v) is 2.82. The van der Waals surface area contributed by atoms with Gasteiger partial charge in [-0.1, -0.05) is 37.8 Å². The monoisotopic (exact) mass is 221 g/mol. The molecule has 0 aliphatic rings. The summed E-state index contributed by atoms with van der Waals surface area (Å²) in [5.41, 5.74) is 1.01. The zero-order valence-electron chi connectivity index (χ0n) is 9.95. The second-order valence-corrected chi connectivity index (χ2v) is 10.4. The van der Waals surface area contributed by atoms with Crippen LogP contribution in [0.4, 0.5) is 5.69 Å². The Balaban J connectivity index is 2.90. The first-order chi connectivity index (χ1) is 6.90. The summed E-state index contributed by atoms with van der Waals surface area (Å²) < 4.78 is 0. The van der Waals surface area contributed by atoms with Crippen LogP contribution in [0.5, 0.6) is 0 Å². The van der Waals surface area contributed by atoms with Crippen LogP contribution in [0.3, 0.4) is 0 Å². The average molecular weight is 221 g/mol. The van der Waals surface area contributed by atoms with E-state index in [1.54, 1.807) is 6.92 Å². The molecule has 1 amide bonds. The molecule has 0 aliphatic carbocycles. The highest BCUT2D eigenvalue weighted by atomic mass is 28.3. The fourth-order valence-electron chi connectivity index (χ4n) is 1.47. The van der Waals surface area contributed by atoms with E-state index in [1.807, 2.05) is 35.2 Å². The third-order valence-corrected chi connectivity index (χ3v) is 3.35. The van der Waals surface area contributed by atoms with E-state index >= 15 is 0 Å². The lowest BCUT2D eigenvalue weighted by Crippen LogP contribution is -2.42. The molecule has 1 aromatic rings. The van der Waals surface area contributed by atoms with Crippen LogP contribution in [0.1, 0.15) is 6.92 Å². The highest BCUT2D eigenvalue weighted by Crippen LogP contribution is 2.16. The summed E-state index contributed by atoms with van der Waals surface area (Å²) in [6, 6.07) is 9.88. The minimum atomic E-state index is -1.26. The minimum Gasteiger partial charge on any atom is -0.316 e. The van der Waals surface area contributed by atoms with Crippen molar-refractivity contribution in [1.29, 1.82) is 0 Å². The van der Waals surface area contributed by atoms with E-state index in [1.165, 1.54) is 0 Å². The van der Waals surface area contributed by atoms with Gasteiger partial charge in [0.25, 0.3) is 0 Å². The van der Waals surface area contributed by atoms with Gasteiger partial charge in [0.2, 0.25) is 5.91 Å². The number of anilines is 1. The maximum atomic E-state index is 11.6. The first kappa shape index (κ1) is 12.0. The summed E-state index contributed by atoms with van der Waals surface area (Å²) >= 11 is 0. The zero-order valence-corrected chi connectivity index (χ0v) is 10.9. The van der Waals surface area contributed by atoms with Gasteiger partial charge < -0.3 is 4.90 Å². The van der Waals surface area contributed by atoms with Crippen molar-refractivity contribution >= 4 is 19.7 Å². The molecule has 0 unspecified atom stereocenters. The largest absolute Gasteiger partial charge is 0.316 e. The predicted octanol–water partition coefficient (Wildman–Crippen LogP) is 2.92. The van der Waals surface area contributed by atoms with E-state index in [4.69, 9.17) is 0 Å². The van der Waals surface area contributed by atoms with Crippen LogP contribution in [0.15, 0.2) is 30.3 Å². The number of benzene rings is 1. The standard InChI is InChI=1S/C12H19NOSi/c1-11(14)13(10-15(2,3)4)12-8-6-5-7-9-12/h5-9H,10H2,1-4H3. The molecule has 0 aliphatic heterocycles. The van der Waals surface area contributed by atoms with E-state index in [0.717, 1.165) is 11.9 Å². The SMILES string of the molecule is CC(=O)N(C[Si](C)(C)C)c1ccccc1. The van der Waals surface area contributed by atoms with Crippen molar-refractivity contribution in [3.8, 4) is 0 Å². The lowest BCUT2D eigenvalue weighted by atomic mass is 10.3. The van der Waals surface area contributed by atoms with Crippen molar-refractivity contribution in [2.45, 2.75) is 26.6 Å². The summed E-state index contributed by atoms with van der Waals surface area (Å²) in [6.45, 7) is 8.44. The Bertz CT molecular complexity index is 329. The Morgan fingerprint density at radius 2 is 1.73 bits per heavy atom. The maximum Gasteiger partial charge on any atom is 0.223 e. The Morgan fingerprint density at radius 1 is 1.20 bits per heavy atom. The molecule has 0 bridgehead atoms. The van der Waals surface area contributed by atoms with Gasteiger partial charge in [0.05, 0.1) is 8.07 Å². The number of hydrogen-bond acceptors (Lipinski definition) is 1. The van der Waals surface area contributed by atoms with Gasteiger partial charge in [-0.15, -0.1) is 0 Å². The Hall–Kier alpha value is -1.09. The van der Waals surface area contributed by atoms with Gasteiger partial charge in [-0.25, -0.2) is 0 Å². The molecule has 15 heavy (non-hydrogen) atoms. The van der Waals surface area contributed by atoms with Gasteiger partial charge in [-0.05, 0) is 12.1 Å². The molecule has 2 nitrogen and oxygen atoms in total. The zero-order chi connectivity index (χ0) is 11.5. The molecule has 0 fully saturated rings. The molecule has 0 radical (unpaired) electrons. The summed E-state index contributed by atoms with van der Waals surface area (Å²) in [5, 5.41) is 0. The number of carbonyl (C=O) groups is 1. The number of rotatable bonds is 3. The molecule has 0 heterocycles. The second kappa shape index (κ2) is 4.62. The van der Waals surface area contributed by atoms with Gasteiger partial charge in [0, 0.05) is 18.8 Å². The van der Waals surface area contributed by atoms with Crippen LogP contribution in [0.2, 0.25) is 19.6 Å². The number of nitrogens with zero attached hydrogens (tertiary/aromatic N) is 1. The molecule has 82 valence electrons. The quantitative estimate of drug-likeness (QED) is 0.719. The van der Waals surface area contributed by atoms with Gasteiger partial charge >= 0.3 is 0 Å². The van der Waals surface area contributed by atoms with Crippen molar-refractivity contribution in [3.05, 3.63) is 30.3 Å². The summed E-state index contributed by atoms with van der Waals surface area (Å²) in [4.78, 5) is 13.5. The Labute approximate surface area is 92.9 Å². The maximum absolute atomic E-state index is 11.6. The van der Waals surface area contributed by atoms with Crippen molar-refractivity contribution in [1.82, 2.24) is 0 Å². The molecular formula is C12H19NOSi. The molecule has 0 saturated carbocycles. The van der Waals surface area contributed by atoms with Gasteiger partial charge in [-0.2, -0.15) is 0 Å². The molecule has 0 aromatic heterocycles. The summed E-state index contributed by atoms with van der Waals surface area (Å²) in [5.74, 6) is 0.128. The number of amides is 1. The predicted molar refractivity (Wildman–Crippen MR) is 67.8 cm³/mol. The molecule has 0 saturated heterocycles. The molecule has 0 atom stereocenters. The lowest BCUT2D eigenvalue weighted by Gasteiger charge is -2.28. The number of para-hydroxylation sites is 1. The first-order valence-electron chi connectivity index (χ1n) is 5.23. The number of hydrogen-bond donors (Lipinski definition) is 0. The smallest absolute Gasteiger partial charge is 0.223 e. The molecular weight excluding hydrogens is 202 g/mol. The van der Waals surface area contributed by atoms with E-state index in [2.05, 4.69) is 19.6 Å². The molecule has 3 heteroatoms. The van der Waals surface area contributed by atoms with Crippen molar-refractivity contribution in [2.75, 3.05) is 11.1 Å². The van der Waals surface area contributed by atoms with E-state index < -0.39 is 8.07 Å². The van der Waals surface area contributed by atoms with Gasteiger partial charge in [0.15, 0.2) is 0 Å². The average Bonchev–Trinajstić information content (AvgIpc) is 2.14. The molecule has 1 aromatic carbocycles. The Morgan fingerprint density at radius 3 is 2.13 bits per heavy atom. The van der Waals surface area contributed by atoms with E-state index in [9.17, 15) is 4.79 Å². The van der Waals surface area contributed by atoms with Gasteiger partial charge in [0.1, 0.15) is 0 Å². The highest BCUT2D eigenvalue weighted by molar-refractivity contribution is 6.77. The topological polar surface area (TPSA) is 20.3 Å². The number of carbonyl (C=O) groups excluding carboxylic acids is 1. The molecule has 1 rings (SSSR count). The first-order valence-corrected chi connectivity index (χ1v) is 8.94. The third-order valence-electron chi connectivity index (χ3n) is 2.08.